The number of hydrogen-bond donors (Lipinski definition) is 2. The van der Waals surface area contributed by atoms with Crippen LogP contribution in [0.2, 0.25) is 0 Å². The number of nitrogens with one attached hydrogen (secondary N) is 1. The van der Waals surface area contributed by atoms with Crippen molar-refractivity contribution in [1.29, 1.82) is 0 Å². The van der Waals surface area contributed by atoms with Crippen molar-refractivity contribution < 1.29 is 14.7 Å². The topological polar surface area (TPSA) is 69.6 Å². The minimum atomic E-state index is -0.776. The van der Waals surface area contributed by atoms with Gasteiger partial charge in [0.2, 0.25) is 0 Å². The molecule has 2 N–H and O–H groups in total. The molecule has 0 heterocycles. The molecule has 0 aromatic heterocycles. The van der Waals surface area contributed by atoms with Crippen molar-refractivity contribution in [3.05, 3.63) is 29.8 Å². The molecular weight excluding hydrogens is 244 g/mol. The lowest BCUT2D eigenvalue weighted by atomic mass is 10.1. The highest BCUT2D eigenvalue weighted by atomic mass is 16.3. The second kappa shape index (κ2) is 5.84. The summed E-state index contributed by atoms with van der Waals surface area (Å²) in [5.41, 5.74) is 0.865. The minimum absolute atomic E-state index is 0.215. The number of carbonyl (C=O) groups excluding carboxylic acids is 2. The Hall–Kier alpha value is -1.88. The van der Waals surface area contributed by atoms with E-state index in [0.717, 1.165) is 5.56 Å². The van der Waals surface area contributed by atoms with Crippen molar-refractivity contribution >= 4 is 17.5 Å². The van der Waals surface area contributed by atoms with Gasteiger partial charge in [-0.25, -0.2) is 0 Å². The number of carbonyl (C=O) groups is 2. The van der Waals surface area contributed by atoms with E-state index in [2.05, 4.69) is 5.32 Å². The van der Waals surface area contributed by atoms with Crippen LogP contribution >= 0.6 is 0 Å². The Morgan fingerprint density at radius 1 is 1.26 bits per heavy atom. The van der Waals surface area contributed by atoms with Crippen molar-refractivity contribution in [2.24, 2.45) is 0 Å². The molecule has 5 heteroatoms. The second-order valence-electron chi connectivity index (χ2n) is 5.15. The van der Waals surface area contributed by atoms with Crippen molar-refractivity contribution in [2.75, 3.05) is 19.0 Å². The lowest BCUT2D eigenvalue weighted by Gasteiger charge is -2.33. The molecule has 104 valence electrons. The molecule has 0 saturated heterocycles. The van der Waals surface area contributed by atoms with Crippen LogP contribution in [0.5, 0.6) is 0 Å². The number of aliphatic hydroxyl groups is 1. The minimum Gasteiger partial charge on any atom is -0.394 e. The Bertz CT molecular complexity index is 466. The lowest BCUT2D eigenvalue weighted by molar-refractivity contribution is -0.146. The van der Waals surface area contributed by atoms with Gasteiger partial charge in [-0.15, -0.1) is 0 Å². The summed E-state index contributed by atoms with van der Waals surface area (Å²) in [4.78, 5) is 25.0. The summed E-state index contributed by atoms with van der Waals surface area (Å²) in [7, 11) is 1.49. The van der Waals surface area contributed by atoms with Crippen molar-refractivity contribution in [2.45, 2.75) is 26.3 Å². The maximum atomic E-state index is 11.9. The molecule has 0 aliphatic rings. The van der Waals surface area contributed by atoms with Crippen LogP contribution < -0.4 is 5.32 Å². The first kappa shape index (κ1) is 15.2. The van der Waals surface area contributed by atoms with E-state index in [9.17, 15) is 14.7 Å². The van der Waals surface area contributed by atoms with Gasteiger partial charge >= 0.3 is 11.8 Å². The summed E-state index contributed by atoms with van der Waals surface area (Å²) in [5.74, 6) is -1.40. The molecule has 1 aromatic rings. The molecule has 0 saturated carbocycles. The average Bonchev–Trinajstić information content (AvgIpc) is 2.39. The van der Waals surface area contributed by atoms with Crippen molar-refractivity contribution in [1.82, 2.24) is 4.90 Å². The predicted molar refractivity (Wildman–Crippen MR) is 73.7 cm³/mol. The Morgan fingerprint density at radius 2 is 1.79 bits per heavy atom. The number of nitrogens with zero attached hydrogens (tertiary/aromatic N) is 1. The molecule has 1 aromatic carbocycles. The first-order chi connectivity index (χ1) is 8.77. The Morgan fingerprint density at radius 3 is 2.26 bits per heavy atom. The summed E-state index contributed by atoms with van der Waals surface area (Å²) >= 11 is 0. The normalized spacial score (nSPS) is 11.0. The van der Waals surface area contributed by atoms with Crippen LogP contribution in [0.4, 0.5) is 5.69 Å². The fraction of sp³-hybridized carbons (Fsp3) is 0.429. The van der Waals surface area contributed by atoms with Gasteiger partial charge in [0.25, 0.3) is 0 Å². The van der Waals surface area contributed by atoms with E-state index in [4.69, 9.17) is 0 Å². The van der Waals surface area contributed by atoms with Gasteiger partial charge in [0, 0.05) is 12.7 Å². The van der Waals surface area contributed by atoms with Crippen LogP contribution in [0.3, 0.4) is 0 Å². The van der Waals surface area contributed by atoms with E-state index in [1.165, 1.54) is 11.9 Å². The monoisotopic (exact) mass is 264 g/mol. The zero-order valence-electron chi connectivity index (χ0n) is 11.7. The Labute approximate surface area is 113 Å². The van der Waals surface area contributed by atoms with Gasteiger partial charge in [-0.1, -0.05) is 17.7 Å². The quantitative estimate of drug-likeness (QED) is 0.805. The van der Waals surface area contributed by atoms with E-state index >= 15 is 0 Å². The fourth-order valence-corrected chi connectivity index (χ4v) is 1.35. The van der Waals surface area contributed by atoms with Crippen molar-refractivity contribution in [3.8, 4) is 0 Å². The number of likely N-dealkylation sites (N-methyl/N-ethyl adjacent to an activating group) is 1. The fourth-order valence-electron chi connectivity index (χ4n) is 1.35. The third-order valence-corrected chi connectivity index (χ3v) is 3.10. The average molecular weight is 264 g/mol. The smallest absolute Gasteiger partial charge is 0.313 e. The van der Waals surface area contributed by atoms with Crippen LogP contribution in [0.15, 0.2) is 24.3 Å². The molecule has 0 unspecified atom stereocenters. The molecule has 1 rings (SSSR count). The number of aryl methyl sites for hydroxylation is 1. The standard InChI is InChI=1S/C14H20N2O3/c1-10-5-7-11(8-6-10)15-12(18)13(19)16(4)14(2,3)9-17/h5-8,17H,9H2,1-4H3,(H,15,18). The van der Waals surface area contributed by atoms with Crippen LogP contribution in [0.1, 0.15) is 19.4 Å². The molecule has 0 fully saturated rings. The van der Waals surface area contributed by atoms with Gasteiger partial charge < -0.3 is 15.3 Å². The highest BCUT2D eigenvalue weighted by Crippen LogP contribution is 2.13. The first-order valence-electron chi connectivity index (χ1n) is 6.04. The molecule has 0 atom stereocenters. The van der Waals surface area contributed by atoms with E-state index < -0.39 is 17.4 Å². The van der Waals surface area contributed by atoms with Gasteiger partial charge in [-0.05, 0) is 32.9 Å². The molecule has 2 amide bonds. The summed E-state index contributed by atoms with van der Waals surface area (Å²) in [6.45, 7) is 5.09. The third kappa shape index (κ3) is 3.79. The largest absolute Gasteiger partial charge is 0.394 e. The molecule has 0 aliphatic carbocycles. The second-order valence-corrected chi connectivity index (χ2v) is 5.15. The summed E-state index contributed by atoms with van der Waals surface area (Å²) < 4.78 is 0. The maximum absolute atomic E-state index is 11.9. The van der Waals surface area contributed by atoms with Gasteiger partial charge in [0.05, 0.1) is 12.1 Å². The molecular formula is C14H20N2O3. The Balaban J connectivity index is 2.73. The van der Waals surface area contributed by atoms with Crippen LogP contribution in [0.25, 0.3) is 0 Å². The third-order valence-electron chi connectivity index (χ3n) is 3.10. The van der Waals surface area contributed by atoms with E-state index in [1.807, 2.05) is 19.1 Å². The lowest BCUT2D eigenvalue weighted by Crippen LogP contribution is -2.51. The van der Waals surface area contributed by atoms with Crippen LogP contribution in [-0.4, -0.2) is 41.0 Å². The molecule has 0 spiro atoms. The molecule has 0 bridgehead atoms. The summed E-state index contributed by atoms with van der Waals surface area (Å²) in [5, 5.41) is 11.7. The Kier molecular flexibility index (Phi) is 4.67. The molecule has 19 heavy (non-hydrogen) atoms. The zero-order chi connectivity index (χ0) is 14.6. The highest BCUT2D eigenvalue weighted by molar-refractivity contribution is 6.39. The number of rotatable bonds is 3. The van der Waals surface area contributed by atoms with Gasteiger partial charge in [0.1, 0.15) is 0 Å². The summed E-state index contributed by atoms with van der Waals surface area (Å²) in [6.07, 6.45) is 0. The van der Waals surface area contributed by atoms with Gasteiger partial charge in [-0.2, -0.15) is 0 Å². The number of aliphatic hydroxyl groups excluding tert-OH is 1. The molecule has 0 radical (unpaired) electrons. The highest BCUT2D eigenvalue weighted by Gasteiger charge is 2.30. The maximum Gasteiger partial charge on any atom is 0.313 e. The molecule has 0 aliphatic heterocycles. The van der Waals surface area contributed by atoms with E-state index in [1.54, 1.807) is 26.0 Å². The van der Waals surface area contributed by atoms with Crippen LogP contribution in [0, 0.1) is 6.92 Å². The van der Waals surface area contributed by atoms with E-state index in [0.29, 0.717) is 5.69 Å². The SMILES string of the molecule is Cc1ccc(NC(=O)C(=O)N(C)C(C)(C)CO)cc1. The predicted octanol–water partition coefficient (Wildman–Crippen LogP) is 1.16. The van der Waals surface area contributed by atoms with E-state index in [-0.39, 0.29) is 6.61 Å². The summed E-state index contributed by atoms with van der Waals surface area (Å²) in [6, 6.07) is 7.17. The number of anilines is 1. The number of hydrogen-bond acceptors (Lipinski definition) is 3. The zero-order valence-corrected chi connectivity index (χ0v) is 11.7. The van der Waals surface area contributed by atoms with Gasteiger partial charge in [0.15, 0.2) is 0 Å². The first-order valence-corrected chi connectivity index (χ1v) is 6.04. The van der Waals surface area contributed by atoms with Gasteiger partial charge in [-0.3, -0.25) is 9.59 Å². The van der Waals surface area contributed by atoms with Crippen molar-refractivity contribution in [3.63, 3.8) is 0 Å². The number of amides is 2. The molecule has 5 nitrogen and oxygen atoms in total. The van der Waals surface area contributed by atoms with Crippen LogP contribution in [-0.2, 0) is 9.59 Å². The number of benzene rings is 1.